The van der Waals surface area contributed by atoms with Gasteiger partial charge in [-0.05, 0) is 42.3 Å². The number of aryl methyl sites for hydroxylation is 1. The number of benzene rings is 2. The zero-order valence-electron chi connectivity index (χ0n) is 16.2. The van der Waals surface area contributed by atoms with Gasteiger partial charge in [-0.25, -0.2) is 0 Å². The van der Waals surface area contributed by atoms with E-state index in [0.717, 1.165) is 12.1 Å². The highest BCUT2D eigenvalue weighted by Crippen LogP contribution is 2.26. The van der Waals surface area contributed by atoms with Crippen LogP contribution in [-0.4, -0.2) is 31.4 Å². The van der Waals surface area contributed by atoms with Crippen LogP contribution < -0.4 is 20.5 Å². The van der Waals surface area contributed by atoms with Crippen LogP contribution in [0.25, 0.3) is 0 Å². The number of anilines is 1. The number of carbonyl (C=O) groups is 3. The molecule has 2 N–H and O–H groups in total. The summed E-state index contributed by atoms with van der Waals surface area (Å²) in [6.45, 7) is 2.32. The first kappa shape index (κ1) is 20.7. The summed E-state index contributed by atoms with van der Waals surface area (Å²) in [5, 5.41) is 0.369. The van der Waals surface area contributed by atoms with Gasteiger partial charge in [0.05, 0.1) is 18.6 Å². The number of ether oxygens (including phenoxy) is 1. The standard InChI is InChI=1S/C21H22ClN3O4/c1-3-13-4-7-16(8-5-13)25-12-14(10-19(25)26)20(27)23-24-21(28)17-11-15(22)6-9-18(17)29-2/h4-9,11,14H,3,10,12H2,1-2H3,(H,23,27)(H,24,28)/t14-/m1/s1. The molecule has 7 nitrogen and oxygen atoms in total. The molecule has 3 amide bonds. The van der Waals surface area contributed by atoms with Gasteiger partial charge in [-0.2, -0.15) is 0 Å². The van der Waals surface area contributed by atoms with E-state index >= 15 is 0 Å². The zero-order valence-corrected chi connectivity index (χ0v) is 17.0. The van der Waals surface area contributed by atoms with Crippen LogP contribution in [-0.2, 0) is 16.0 Å². The summed E-state index contributed by atoms with van der Waals surface area (Å²) in [5.41, 5.74) is 6.87. The first-order valence-electron chi connectivity index (χ1n) is 9.26. The minimum absolute atomic E-state index is 0.0811. The highest BCUT2D eigenvalue weighted by Gasteiger charge is 2.35. The maximum Gasteiger partial charge on any atom is 0.273 e. The number of hydrogen-bond acceptors (Lipinski definition) is 4. The van der Waals surface area contributed by atoms with Gasteiger partial charge in [0.2, 0.25) is 11.8 Å². The Bertz CT molecular complexity index is 930. The van der Waals surface area contributed by atoms with Crippen molar-refractivity contribution in [3.8, 4) is 5.75 Å². The van der Waals surface area contributed by atoms with Crippen LogP contribution in [0.1, 0.15) is 29.3 Å². The summed E-state index contributed by atoms with van der Waals surface area (Å²) in [4.78, 5) is 38.8. The number of methoxy groups -OCH3 is 1. The number of rotatable bonds is 5. The van der Waals surface area contributed by atoms with Crippen molar-refractivity contribution in [3.05, 3.63) is 58.6 Å². The molecule has 0 aliphatic carbocycles. The predicted octanol–water partition coefficient (Wildman–Crippen LogP) is 2.73. The molecule has 2 aromatic rings. The maximum absolute atomic E-state index is 12.5. The Hall–Kier alpha value is -3.06. The van der Waals surface area contributed by atoms with Crippen molar-refractivity contribution in [2.75, 3.05) is 18.6 Å². The highest BCUT2D eigenvalue weighted by atomic mass is 35.5. The molecule has 1 fully saturated rings. The molecule has 0 bridgehead atoms. The van der Waals surface area contributed by atoms with Gasteiger partial charge in [0, 0.05) is 23.7 Å². The summed E-state index contributed by atoms with van der Waals surface area (Å²) in [5.74, 6) is -1.35. The molecule has 29 heavy (non-hydrogen) atoms. The molecule has 0 saturated carbocycles. The van der Waals surface area contributed by atoms with Gasteiger partial charge in [0.1, 0.15) is 5.75 Å². The molecule has 3 rings (SSSR count). The average molecular weight is 416 g/mol. The average Bonchev–Trinajstić information content (AvgIpc) is 3.13. The molecule has 1 saturated heterocycles. The first-order chi connectivity index (χ1) is 13.9. The van der Waals surface area contributed by atoms with Gasteiger partial charge < -0.3 is 9.64 Å². The molecule has 1 aliphatic heterocycles. The Morgan fingerprint density at radius 2 is 1.90 bits per heavy atom. The third-order valence-electron chi connectivity index (χ3n) is 4.86. The Morgan fingerprint density at radius 3 is 2.55 bits per heavy atom. The van der Waals surface area contributed by atoms with Crippen molar-refractivity contribution in [1.29, 1.82) is 0 Å². The van der Waals surface area contributed by atoms with Crippen LogP contribution in [0.15, 0.2) is 42.5 Å². The SMILES string of the molecule is CCc1ccc(N2C[C@H](C(=O)NNC(=O)c3cc(Cl)ccc3OC)CC2=O)cc1. The van der Waals surface area contributed by atoms with Crippen LogP contribution >= 0.6 is 11.6 Å². The molecule has 0 aromatic heterocycles. The lowest BCUT2D eigenvalue weighted by atomic mass is 10.1. The monoisotopic (exact) mass is 415 g/mol. The van der Waals surface area contributed by atoms with Crippen molar-refractivity contribution in [2.24, 2.45) is 5.92 Å². The summed E-state index contributed by atoms with van der Waals surface area (Å²) in [6.07, 6.45) is 0.994. The summed E-state index contributed by atoms with van der Waals surface area (Å²) in [7, 11) is 1.43. The number of nitrogens with one attached hydrogen (secondary N) is 2. The van der Waals surface area contributed by atoms with Gasteiger partial charge in [-0.3, -0.25) is 25.2 Å². The van der Waals surface area contributed by atoms with E-state index in [1.54, 1.807) is 17.0 Å². The van der Waals surface area contributed by atoms with Crippen molar-refractivity contribution >= 4 is 35.0 Å². The first-order valence-corrected chi connectivity index (χ1v) is 9.63. The number of nitrogens with zero attached hydrogens (tertiary/aromatic N) is 1. The Morgan fingerprint density at radius 1 is 1.17 bits per heavy atom. The third-order valence-corrected chi connectivity index (χ3v) is 5.09. The smallest absolute Gasteiger partial charge is 0.273 e. The predicted molar refractivity (Wildman–Crippen MR) is 110 cm³/mol. The summed E-state index contributed by atoms with van der Waals surface area (Å²) in [6, 6.07) is 12.3. The molecule has 1 heterocycles. The summed E-state index contributed by atoms with van der Waals surface area (Å²) < 4.78 is 5.14. The Kier molecular flexibility index (Phi) is 6.39. The van der Waals surface area contributed by atoms with E-state index in [4.69, 9.17) is 16.3 Å². The van der Waals surface area contributed by atoms with Crippen molar-refractivity contribution in [2.45, 2.75) is 19.8 Å². The van der Waals surface area contributed by atoms with E-state index in [9.17, 15) is 14.4 Å². The van der Waals surface area contributed by atoms with Gasteiger partial charge >= 0.3 is 0 Å². The number of carbonyl (C=O) groups excluding carboxylic acids is 3. The molecule has 1 atom stereocenters. The second-order valence-corrected chi connectivity index (χ2v) is 7.15. The largest absolute Gasteiger partial charge is 0.496 e. The number of amides is 3. The highest BCUT2D eigenvalue weighted by molar-refractivity contribution is 6.31. The van der Waals surface area contributed by atoms with E-state index in [1.807, 2.05) is 24.3 Å². The summed E-state index contributed by atoms with van der Waals surface area (Å²) >= 11 is 5.93. The number of halogens is 1. The van der Waals surface area contributed by atoms with Crippen LogP contribution in [0.3, 0.4) is 0 Å². The second-order valence-electron chi connectivity index (χ2n) is 6.71. The molecule has 8 heteroatoms. The maximum atomic E-state index is 12.5. The topological polar surface area (TPSA) is 87.7 Å². The van der Waals surface area contributed by atoms with Crippen molar-refractivity contribution in [1.82, 2.24) is 10.9 Å². The van der Waals surface area contributed by atoms with E-state index < -0.39 is 17.7 Å². The fourth-order valence-electron chi connectivity index (χ4n) is 3.19. The van der Waals surface area contributed by atoms with Crippen LogP contribution in [0.4, 0.5) is 5.69 Å². The molecular weight excluding hydrogens is 394 g/mol. The molecule has 152 valence electrons. The quantitative estimate of drug-likeness (QED) is 0.735. The molecule has 0 radical (unpaired) electrons. The van der Waals surface area contributed by atoms with Gasteiger partial charge in [0.25, 0.3) is 5.91 Å². The second kappa shape index (κ2) is 8.96. The van der Waals surface area contributed by atoms with E-state index in [0.29, 0.717) is 10.8 Å². The van der Waals surface area contributed by atoms with Gasteiger partial charge in [0.15, 0.2) is 0 Å². The minimum Gasteiger partial charge on any atom is -0.496 e. The van der Waals surface area contributed by atoms with Gasteiger partial charge in [-0.1, -0.05) is 30.7 Å². The normalized spacial score (nSPS) is 15.9. The molecule has 2 aromatic carbocycles. The molecule has 1 aliphatic rings. The van der Waals surface area contributed by atoms with Gasteiger partial charge in [-0.15, -0.1) is 0 Å². The number of hydrogen-bond donors (Lipinski definition) is 2. The zero-order chi connectivity index (χ0) is 21.0. The molecule has 0 spiro atoms. The third kappa shape index (κ3) is 4.68. The number of hydrazine groups is 1. The van der Waals surface area contributed by atoms with E-state index in [1.165, 1.54) is 18.7 Å². The van der Waals surface area contributed by atoms with Crippen molar-refractivity contribution < 1.29 is 19.1 Å². The lowest BCUT2D eigenvalue weighted by molar-refractivity contribution is -0.126. The fraction of sp³-hybridized carbons (Fsp3) is 0.286. The fourth-order valence-corrected chi connectivity index (χ4v) is 3.36. The lowest BCUT2D eigenvalue weighted by Gasteiger charge is -2.17. The minimum atomic E-state index is -0.561. The Labute approximate surface area is 173 Å². The molecule has 0 unspecified atom stereocenters. The Balaban J connectivity index is 1.61. The van der Waals surface area contributed by atoms with Crippen LogP contribution in [0.2, 0.25) is 5.02 Å². The van der Waals surface area contributed by atoms with E-state index in [-0.39, 0.29) is 24.4 Å². The van der Waals surface area contributed by atoms with E-state index in [2.05, 4.69) is 17.8 Å². The lowest BCUT2D eigenvalue weighted by Crippen LogP contribution is -2.45. The van der Waals surface area contributed by atoms with Crippen LogP contribution in [0.5, 0.6) is 5.75 Å². The van der Waals surface area contributed by atoms with Crippen molar-refractivity contribution in [3.63, 3.8) is 0 Å². The molecular formula is C21H22ClN3O4. The van der Waals surface area contributed by atoms with Crippen LogP contribution in [0, 0.1) is 5.92 Å².